The number of rotatable bonds is 5. The molecule has 1 saturated heterocycles. The number of aryl methyl sites for hydroxylation is 2. The van der Waals surface area contributed by atoms with Gasteiger partial charge in [-0.1, -0.05) is 25.1 Å². The quantitative estimate of drug-likeness (QED) is 0.355. The number of hydrogen-bond donors (Lipinski definition) is 1. The molecule has 0 spiro atoms. The third-order valence-corrected chi connectivity index (χ3v) is 7.45. The van der Waals surface area contributed by atoms with Gasteiger partial charge in [-0.2, -0.15) is 0 Å². The fourth-order valence-corrected chi connectivity index (χ4v) is 5.42. The number of amides is 1. The van der Waals surface area contributed by atoms with Crippen molar-refractivity contribution < 1.29 is 9.53 Å². The summed E-state index contributed by atoms with van der Waals surface area (Å²) in [7, 11) is 0. The highest BCUT2D eigenvalue weighted by Gasteiger charge is 2.25. The first kappa shape index (κ1) is 22.3. The van der Waals surface area contributed by atoms with E-state index in [4.69, 9.17) is 9.72 Å². The van der Waals surface area contributed by atoms with E-state index in [1.54, 1.807) is 0 Å². The Morgan fingerprint density at radius 2 is 1.68 bits per heavy atom. The SMILES string of the molecule is Cc1nc(N2CCC(C)CC2)c2c(C)c(C(=O)Nc3ccc(Oc4ccccc4)cc3)sc2n1. The number of ether oxygens (including phenoxy) is 1. The minimum atomic E-state index is -0.131. The Labute approximate surface area is 203 Å². The third kappa shape index (κ3) is 4.61. The van der Waals surface area contributed by atoms with Crippen LogP contribution in [0.2, 0.25) is 0 Å². The van der Waals surface area contributed by atoms with E-state index in [1.165, 1.54) is 11.3 Å². The van der Waals surface area contributed by atoms with Crippen molar-refractivity contribution in [1.29, 1.82) is 0 Å². The van der Waals surface area contributed by atoms with Crippen LogP contribution in [0.5, 0.6) is 11.5 Å². The van der Waals surface area contributed by atoms with Gasteiger partial charge in [0.15, 0.2) is 0 Å². The Balaban J connectivity index is 1.37. The molecule has 0 radical (unpaired) electrons. The summed E-state index contributed by atoms with van der Waals surface area (Å²) < 4.78 is 5.84. The Morgan fingerprint density at radius 3 is 2.38 bits per heavy atom. The number of para-hydroxylation sites is 1. The molecule has 5 rings (SSSR count). The van der Waals surface area contributed by atoms with Crippen molar-refractivity contribution >= 4 is 39.0 Å². The lowest BCUT2D eigenvalue weighted by molar-refractivity contribution is 0.103. The second kappa shape index (κ2) is 9.43. The molecule has 1 fully saturated rings. The molecular formula is C27H28N4O2S. The standard InChI is InChI=1S/C27H28N4O2S/c1-17-13-15-31(16-14-17)25-23-18(2)24(34-27(23)29-19(3)28-25)26(32)30-20-9-11-22(12-10-20)33-21-7-5-4-6-8-21/h4-12,17H,13-16H2,1-3H3,(H,30,32). The van der Waals surface area contributed by atoms with Crippen molar-refractivity contribution in [2.24, 2.45) is 5.92 Å². The molecule has 3 heterocycles. The zero-order valence-electron chi connectivity index (χ0n) is 19.7. The smallest absolute Gasteiger partial charge is 0.266 e. The van der Waals surface area contributed by atoms with E-state index in [2.05, 4.69) is 22.1 Å². The zero-order chi connectivity index (χ0) is 23.7. The first-order chi connectivity index (χ1) is 16.5. The predicted octanol–water partition coefficient (Wildman–Crippen LogP) is 6.59. The van der Waals surface area contributed by atoms with Gasteiger partial charge in [-0.3, -0.25) is 4.79 Å². The maximum absolute atomic E-state index is 13.2. The van der Waals surface area contributed by atoms with Crippen LogP contribution in [0.3, 0.4) is 0 Å². The average molecular weight is 473 g/mol. The first-order valence-corrected chi connectivity index (χ1v) is 12.5. The van der Waals surface area contributed by atoms with Crippen LogP contribution in [0, 0.1) is 19.8 Å². The van der Waals surface area contributed by atoms with Crippen LogP contribution in [-0.2, 0) is 0 Å². The van der Waals surface area contributed by atoms with Crippen LogP contribution >= 0.6 is 11.3 Å². The van der Waals surface area contributed by atoms with Crippen LogP contribution in [0.15, 0.2) is 54.6 Å². The molecule has 0 unspecified atom stereocenters. The maximum Gasteiger partial charge on any atom is 0.266 e. The zero-order valence-corrected chi connectivity index (χ0v) is 20.5. The van der Waals surface area contributed by atoms with Crippen LogP contribution in [0.25, 0.3) is 10.2 Å². The van der Waals surface area contributed by atoms with Gasteiger partial charge in [-0.15, -0.1) is 11.3 Å². The van der Waals surface area contributed by atoms with Crippen molar-refractivity contribution in [2.45, 2.75) is 33.6 Å². The summed E-state index contributed by atoms with van der Waals surface area (Å²) in [6.45, 7) is 8.20. The average Bonchev–Trinajstić information content (AvgIpc) is 3.17. The van der Waals surface area contributed by atoms with Gasteiger partial charge in [0.1, 0.15) is 28.0 Å². The molecule has 6 nitrogen and oxygen atoms in total. The van der Waals surface area contributed by atoms with Gasteiger partial charge in [0.2, 0.25) is 0 Å². The normalized spacial score (nSPS) is 14.4. The molecule has 0 atom stereocenters. The Bertz CT molecular complexity index is 1310. The summed E-state index contributed by atoms with van der Waals surface area (Å²) in [5.74, 6) is 3.80. The molecule has 1 aliphatic heterocycles. The molecule has 34 heavy (non-hydrogen) atoms. The molecule has 2 aromatic carbocycles. The molecule has 4 aromatic rings. The van der Waals surface area contributed by atoms with E-state index in [0.717, 1.165) is 70.7 Å². The Hall–Kier alpha value is -3.45. The lowest BCUT2D eigenvalue weighted by Gasteiger charge is -2.31. The molecule has 0 aliphatic carbocycles. The summed E-state index contributed by atoms with van der Waals surface area (Å²) in [5, 5.41) is 4.03. The molecule has 0 saturated carbocycles. The number of nitrogens with zero attached hydrogens (tertiary/aromatic N) is 3. The Morgan fingerprint density at radius 1 is 1.00 bits per heavy atom. The van der Waals surface area contributed by atoms with Gasteiger partial charge in [0.25, 0.3) is 5.91 Å². The second-order valence-corrected chi connectivity index (χ2v) is 9.89. The molecule has 2 aromatic heterocycles. The highest BCUT2D eigenvalue weighted by Crippen LogP contribution is 2.37. The van der Waals surface area contributed by atoms with E-state index < -0.39 is 0 Å². The molecule has 1 aliphatic rings. The predicted molar refractivity (Wildman–Crippen MR) is 138 cm³/mol. The minimum Gasteiger partial charge on any atom is -0.457 e. The highest BCUT2D eigenvalue weighted by atomic mass is 32.1. The van der Waals surface area contributed by atoms with Crippen molar-refractivity contribution in [3.8, 4) is 11.5 Å². The number of thiophene rings is 1. The molecule has 0 bridgehead atoms. The van der Waals surface area contributed by atoms with Gasteiger partial charge in [-0.05, 0) is 74.6 Å². The van der Waals surface area contributed by atoms with Crippen molar-refractivity contribution in [3.05, 3.63) is 70.9 Å². The largest absolute Gasteiger partial charge is 0.457 e. The fourth-order valence-electron chi connectivity index (χ4n) is 4.31. The lowest BCUT2D eigenvalue weighted by Crippen LogP contribution is -2.33. The van der Waals surface area contributed by atoms with Crippen LogP contribution < -0.4 is 15.0 Å². The minimum absolute atomic E-state index is 0.131. The summed E-state index contributed by atoms with van der Waals surface area (Å²) in [5.41, 5.74) is 1.66. The van der Waals surface area contributed by atoms with Gasteiger partial charge < -0.3 is 15.0 Å². The first-order valence-electron chi connectivity index (χ1n) is 11.6. The van der Waals surface area contributed by atoms with Crippen molar-refractivity contribution in [1.82, 2.24) is 9.97 Å². The number of fused-ring (bicyclic) bond motifs is 1. The number of aromatic nitrogens is 2. The van der Waals surface area contributed by atoms with Crippen molar-refractivity contribution in [2.75, 3.05) is 23.3 Å². The van der Waals surface area contributed by atoms with Crippen molar-refractivity contribution in [3.63, 3.8) is 0 Å². The highest BCUT2D eigenvalue weighted by molar-refractivity contribution is 7.20. The number of benzene rings is 2. The number of carbonyl (C=O) groups is 1. The van der Waals surface area contributed by atoms with Gasteiger partial charge in [-0.25, -0.2) is 9.97 Å². The molecular weight excluding hydrogens is 444 g/mol. The summed E-state index contributed by atoms with van der Waals surface area (Å²) >= 11 is 1.43. The monoisotopic (exact) mass is 472 g/mol. The third-order valence-electron chi connectivity index (χ3n) is 6.26. The van der Waals surface area contributed by atoms with Crippen LogP contribution in [-0.4, -0.2) is 29.0 Å². The number of carbonyl (C=O) groups excluding carboxylic acids is 1. The van der Waals surface area contributed by atoms with E-state index >= 15 is 0 Å². The number of nitrogens with one attached hydrogen (secondary N) is 1. The lowest BCUT2D eigenvalue weighted by atomic mass is 9.99. The van der Waals surface area contributed by atoms with Crippen LogP contribution in [0.1, 0.15) is 40.8 Å². The molecule has 1 N–H and O–H groups in total. The summed E-state index contributed by atoms with van der Waals surface area (Å²) in [6.07, 6.45) is 2.32. The maximum atomic E-state index is 13.2. The molecule has 174 valence electrons. The van der Waals surface area contributed by atoms with E-state index in [0.29, 0.717) is 10.6 Å². The fraction of sp³-hybridized carbons (Fsp3) is 0.296. The number of anilines is 2. The van der Waals surface area contributed by atoms with Gasteiger partial charge in [0, 0.05) is 18.8 Å². The molecule has 7 heteroatoms. The summed E-state index contributed by atoms with van der Waals surface area (Å²) in [4.78, 5) is 26.5. The van der Waals surface area contributed by atoms with Gasteiger partial charge in [0.05, 0.1) is 10.3 Å². The summed E-state index contributed by atoms with van der Waals surface area (Å²) in [6, 6.07) is 17.0. The number of hydrogen-bond acceptors (Lipinski definition) is 6. The Kier molecular flexibility index (Phi) is 6.20. The topological polar surface area (TPSA) is 67.4 Å². The van der Waals surface area contributed by atoms with E-state index in [9.17, 15) is 4.79 Å². The van der Waals surface area contributed by atoms with E-state index in [1.807, 2.05) is 68.4 Å². The molecule has 1 amide bonds. The number of piperidine rings is 1. The van der Waals surface area contributed by atoms with E-state index in [-0.39, 0.29) is 5.91 Å². The van der Waals surface area contributed by atoms with Crippen LogP contribution in [0.4, 0.5) is 11.5 Å². The van der Waals surface area contributed by atoms with Gasteiger partial charge >= 0.3 is 0 Å². The second-order valence-electron chi connectivity index (χ2n) is 8.89.